The van der Waals surface area contributed by atoms with Gasteiger partial charge in [-0.05, 0) is 54.4 Å². The van der Waals surface area contributed by atoms with Crippen LogP contribution in [-0.2, 0) is 22.7 Å². The Kier molecular flexibility index (Phi) is 7.66. The van der Waals surface area contributed by atoms with Crippen molar-refractivity contribution in [1.29, 1.82) is 0 Å². The molecule has 6 rings (SSSR count). The molecule has 3 aromatic carbocycles. The molecule has 2 fully saturated rings. The fourth-order valence-corrected chi connectivity index (χ4v) is 6.11. The molecule has 9 nitrogen and oxygen atoms in total. The number of anilines is 1. The summed E-state index contributed by atoms with van der Waals surface area (Å²) in [6.07, 6.45) is 0.429. The van der Waals surface area contributed by atoms with Crippen LogP contribution < -0.4 is 15.0 Å². The van der Waals surface area contributed by atoms with Crippen molar-refractivity contribution < 1.29 is 23.5 Å². The number of piperidine rings is 1. The van der Waals surface area contributed by atoms with E-state index in [0.717, 1.165) is 28.7 Å². The number of amides is 3. The number of hydrogen-bond donors (Lipinski definition) is 1. The molecular weight excluding hydrogens is 605 g/mol. The van der Waals surface area contributed by atoms with Crippen LogP contribution in [0.5, 0.6) is 11.5 Å². The molecular formula is C31H27BrFN5O4. The minimum Gasteiger partial charge on any atom is -0.457 e. The number of rotatable bonds is 6. The number of nitrogens with one attached hydrogen (secondary N) is 1. The van der Waals surface area contributed by atoms with Crippen molar-refractivity contribution in [2.24, 2.45) is 0 Å². The highest BCUT2D eigenvalue weighted by molar-refractivity contribution is 9.10. The van der Waals surface area contributed by atoms with E-state index in [-0.39, 0.29) is 36.8 Å². The maximum absolute atomic E-state index is 14.7. The summed E-state index contributed by atoms with van der Waals surface area (Å²) in [6.45, 7) is 10.7. The second-order valence-electron chi connectivity index (χ2n) is 10.6. The number of halogens is 2. The van der Waals surface area contributed by atoms with Crippen LogP contribution in [0.3, 0.4) is 0 Å². The summed E-state index contributed by atoms with van der Waals surface area (Å²) in [5.74, 6) is -0.350. The molecule has 11 heteroatoms. The third kappa shape index (κ3) is 5.60. The zero-order valence-electron chi connectivity index (χ0n) is 22.6. The molecule has 3 aliphatic rings. The van der Waals surface area contributed by atoms with E-state index in [4.69, 9.17) is 11.3 Å². The van der Waals surface area contributed by atoms with Gasteiger partial charge in [0.05, 0.1) is 6.57 Å². The first-order valence-electron chi connectivity index (χ1n) is 13.7. The average molecular weight is 632 g/mol. The summed E-state index contributed by atoms with van der Waals surface area (Å²) in [5, 5.41) is 2.31. The van der Waals surface area contributed by atoms with Gasteiger partial charge in [0.2, 0.25) is 11.8 Å². The fraction of sp³-hybridized carbons (Fsp3) is 0.290. The van der Waals surface area contributed by atoms with Gasteiger partial charge in [0, 0.05) is 67.0 Å². The van der Waals surface area contributed by atoms with E-state index >= 15 is 0 Å². The number of hydrogen-bond acceptors (Lipinski definition) is 6. The van der Waals surface area contributed by atoms with E-state index < -0.39 is 17.8 Å². The summed E-state index contributed by atoms with van der Waals surface area (Å²) < 4.78 is 21.7. The Morgan fingerprint density at radius 1 is 1.00 bits per heavy atom. The Labute approximate surface area is 250 Å². The monoisotopic (exact) mass is 631 g/mol. The smallest absolute Gasteiger partial charge is 0.255 e. The SMILES string of the molecule is [C-]#[N+]c1ccc(Oc2ccc(Br)c(CN3CCN(c4cc(F)cc5c4CN(C4CCC(=O)NC4=O)C5=O)CC3)c2)cc1. The van der Waals surface area contributed by atoms with Crippen LogP contribution >= 0.6 is 15.9 Å². The van der Waals surface area contributed by atoms with Gasteiger partial charge in [-0.25, -0.2) is 9.24 Å². The lowest BCUT2D eigenvalue weighted by atomic mass is 10.0. The molecule has 42 heavy (non-hydrogen) atoms. The van der Waals surface area contributed by atoms with Crippen LogP contribution in [-0.4, -0.2) is 59.7 Å². The molecule has 3 aliphatic heterocycles. The summed E-state index contributed by atoms with van der Waals surface area (Å²) >= 11 is 3.65. The lowest BCUT2D eigenvalue weighted by molar-refractivity contribution is -0.136. The minimum atomic E-state index is -0.744. The first kappa shape index (κ1) is 27.9. The van der Waals surface area contributed by atoms with E-state index in [1.807, 2.05) is 18.2 Å². The molecule has 0 saturated carbocycles. The lowest BCUT2D eigenvalue weighted by Crippen LogP contribution is -2.52. The van der Waals surface area contributed by atoms with Gasteiger partial charge in [-0.3, -0.25) is 24.6 Å². The Morgan fingerprint density at radius 3 is 2.45 bits per heavy atom. The molecule has 1 atom stereocenters. The van der Waals surface area contributed by atoms with E-state index in [2.05, 4.69) is 35.9 Å². The predicted molar refractivity (Wildman–Crippen MR) is 157 cm³/mol. The minimum absolute atomic E-state index is 0.168. The Bertz CT molecular complexity index is 1610. The summed E-state index contributed by atoms with van der Waals surface area (Å²) in [4.78, 5) is 46.5. The van der Waals surface area contributed by atoms with Crippen molar-refractivity contribution in [2.75, 3.05) is 31.1 Å². The molecule has 3 heterocycles. The number of benzene rings is 3. The largest absolute Gasteiger partial charge is 0.457 e. The van der Waals surface area contributed by atoms with Crippen molar-refractivity contribution in [1.82, 2.24) is 15.1 Å². The van der Waals surface area contributed by atoms with Gasteiger partial charge in [-0.15, -0.1) is 0 Å². The van der Waals surface area contributed by atoms with Gasteiger partial charge in [0.15, 0.2) is 5.69 Å². The number of fused-ring (bicyclic) bond motifs is 1. The molecule has 0 bridgehead atoms. The lowest BCUT2D eigenvalue weighted by Gasteiger charge is -2.37. The Hall–Kier alpha value is -4.27. The maximum atomic E-state index is 14.7. The van der Waals surface area contributed by atoms with Gasteiger partial charge < -0.3 is 14.5 Å². The predicted octanol–water partition coefficient (Wildman–Crippen LogP) is 5.01. The number of carbonyl (C=O) groups excluding carboxylic acids is 3. The first-order valence-corrected chi connectivity index (χ1v) is 14.5. The zero-order valence-corrected chi connectivity index (χ0v) is 24.2. The van der Waals surface area contributed by atoms with E-state index in [1.54, 1.807) is 24.3 Å². The highest BCUT2D eigenvalue weighted by atomic mass is 79.9. The summed E-state index contributed by atoms with van der Waals surface area (Å²) in [7, 11) is 0. The molecule has 0 aliphatic carbocycles. The number of imide groups is 1. The maximum Gasteiger partial charge on any atom is 0.255 e. The first-order chi connectivity index (χ1) is 20.3. The number of nitrogens with zero attached hydrogens (tertiary/aromatic N) is 4. The van der Waals surface area contributed by atoms with Crippen LogP contribution in [0.4, 0.5) is 15.8 Å². The standard InChI is InChI=1S/C31H27BrFN5O4/c1-34-21-2-4-22(5-3-21)42-23-6-7-26(32)19(14-23)17-36-10-12-37(13-11-36)28-16-20(33)15-24-25(28)18-38(31(24)41)27-8-9-29(39)35-30(27)40/h2-7,14-16,27H,8-13,17-18H2,(H,35,39,40). The number of carbonyl (C=O) groups is 3. The van der Waals surface area contributed by atoms with Crippen molar-refractivity contribution in [2.45, 2.75) is 32.0 Å². The Morgan fingerprint density at radius 2 is 1.74 bits per heavy atom. The third-order valence-electron chi connectivity index (χ3n) is 7.92. The van der Waals surface area contributed by atoms with Gasteiger partial charge in [0.25, 0.3) is 5.91 Å². The molecule has 0 spiro atoms. The van der Waals surface area contributed by atoms with Gasteiger partial charge >= 0.3 is 0 Å². The third-order valence-corrected chi connectivity index (χ3v) is 8.70. The highest BCUT2D eigenvalue weighted by Gasteiger charge is 2.41. The van der Waals surface area contributed by atoms with Crippen LogP contribution in [0, 0.1) is 12.4 Å². The molecule has 0 radical (unpaired) electrons. The number of ether oxygens (including phenoxy) is 1. The van der Waals surface area contributed by atoms with Crippen LogP contribution in [0.2, 0.25) is 0 Å². The molecule has 1 N–H and O–H groups in total. The highest BCUT2D eigenvalue weighted by Crippen LogP contribution is 2.36. The van der Waals surface area contributed by atoms with Crippen LogP contribution in [0.15, 0.2) is 59.1 Å². The molecule has 3 amide bonds. The molecule has 1 unspecified atom stereocenters. The van der Waals surface area contributed by atoms with E-state index in [0.29, 0.717) is 42.5 Å². The molecule has 214 valence electrons. The second-order valence-corrected chi connectivity index (χ2v) is 11.4. The van der Waals surface area contributed by atoms with Crippen molar-refractivity contribution in [3.05, 3.63) is 93.0 Å². The topological polar surface area (TPSA) is 86.6 Å². The van der Waals surface area contributed by atoms with Gasteiger partial charge in [-0.2, -0.15) is 0 Å². The number of piperazine rings is 1. The van der Waals surface area contributed by atoms with Gasteiger partial charge in [0.1, 0.15) is 23.4 Å². The van der Waals surface area contributed by atoms with E-state index in [9.17, 15) is 18.8 Å². The van der Waals surface area contributed by atoms with Crippen molar-refractivity contribution >= 4 is 45.0 Å². The second kappa shape index (κ2) is 11.5. The van der Waals surface area contributed by atoms with Crippen LogP contribution in [0.1, 0.15) is 34.3 Å². The normalized spacial score (nSPS) is 19.0. The zero-order chi connectivity index (χ0) is 29.4. The van der Waals surface area contributed by atoms with E-state index in [1.165, 1.54) is 17.0 Å². The molecule has 0 aromatic heterocycles. The molecule has 2 saturated heterocycles. The van der Waals surface area contributed by atoms with Crippen molar-refractivity contribution in [3.8, 4) is 11.5 Å². The summed E-state index contributed by atoms with van der Waals surface area (Å²) in [6, 6.07) is 14.8. The quantitative estimate of drug-likeness (QED) is 0.304. The Balaban J connectivity index is 1.12. The molecule has 3 aromatic rings. The summed E-state index contributed by atoms with van der Waals surface area (Å²) in [5.41, 5.74) is 3.29. The fourth-order valence-electron chi connectivity index (χ4n) is 5.74. The van der Waals surface area contributed by atoms with Gasteiger partial charge in [-0.1, -0.05) is 28.1 Å². The average Bonchev–Trinajstić information content (AvgIpc) is 3.31. The van der Waals surface area contributed by atoms with Crippen molar-refractivity contribution in [3.63, 3.8) is 0 Å². The van der Waals surface area contributed by atoms with Crippen LogP contribution in [0.25, 0.3) is 4.85 Å².